The maximum Gasteiger partial charge on any atom is 0.267 e. The molecule has 0 bridgehead atoms. The highest BCUT2D eigenvalue weighted by Gasteiger charge is 2.28. The molecule has 186 valence electrons. The minimum Gasteiger partial charge on any atom is -0.361 e. The second kappa shape index (κ2) is 10.1. The molecule has 3 aromatic carbocycles. The van der Waals surface area contributed by atoms with E-state index < -0.39 is 5.91 Å². The molecule has 0 radical (unpaired) electrons. The van der Waals surface area contributed by atoms with Crippen molar-refractivity contribution in [1.82, 2.24) is 20.3 Å². The summed E-state index contributed by atoms with van der Waals surface area (Å²) >= 11 is 0. The number of aromatic amines is 2. The van der Waals surface area contributed by atoms with Gasteiger partial charge in [0.15, 0.2) is 0 Å². The summed E-state index contributed by atoms with van der Waals surface area (Å²) in [7, 11) is 0. The van der Waals surface area contributed by atoms with Crippen molar-refractivity contribution in [2.24, 2.45) is 0 Å². The number of nitrogens with one attached hydrogen (secondary N) is 3. The van der Waals surface area contributed by atoms with Gasteiger partial charge in [-0.15, -0.1) is 0 Å². The van der Waals surface area contributed by atoms with Gasteiger partial charge in [0.2, 0.25) is 0 Å². The van der Waals surface area contributed by atoms with Gasteiger partial charge in [-0.3, -0.25) is 14.9 Å². The number of H-pyrrole nitrogens is 2. The van der Waals surface area contributed by atoms with Gasteiger partial charge in [-0.25, -0.2) is 5.48 Å². The lowest BCUT2D eigenvalue weighted by Crippen LogP contribution is -2.29. The van der Waals surface area contributed by atoms with E-state index in [0.29, 0.717) is 6.04 Å². The second-order valence-corrected chi connectivity index (χ2v) is 9.76. The highest BCUT2D eigenvalue weighted by Crippen LogP contribution is 2.38. The molecule has 1 aliphatic carbocycles. The molecule has 2 aromatic heterocycles. The fourth-order valence-electron chi connectivity index (χ4n) is 5.74. The third kappa shape index (κ3) is 4.69. The van der Waals surface area contributed by atoms with Crippen LogP contribution in [-0.2, 0) is 24.2 Å². The summed E-state index contributed by atoms with van der Waals surface area (Å²) in [4.78, 5) is 20.9. The first-order valence-corrected chi connectivity index (χ1v) is 12.8. The number of para-hydroxylation sites is 2. The number of benzene rings is 3. The van der Waals surface area contributed by atoms with Crippen molar-refractivity contribution in [2.75, 3.05) is 6.54 Å². The van der Waals surface area contributed by atoms with Gasteiger partial charge in [-0.05, 0) is 65.3 Å². The highest BCUT2D eigenvalue weighted by molar-refractivity contribution is 5.90. The van der Waals surface area contributed by atoms with Crippen LogP contribution >= 0.6 is 0 Å². The van der Waals surface area contributed by atoms with Crippen molar-refractivity contribution in [3.63, 3.8) is 0 Å². The van der Waals surface area contributed by atoms with E-state index >= 15 is 0 Å². The quantitative estimate of drug-likeness (QED) is 0.124. The maximum atomic E-state index is 11.4. The van der Waals surface area contributed by atoms with Gasteiger partial charge >= 0.3 is 0 Å². The number of rotatable bonds is 8. The molecule has 0 aliphatic heterocycles. The molecule has 1 atom stereocenters. The molecule has 6 nitrogen and oxygen atoms in total. The lowest BCUT2D eigenvalue weighted by atomic mass is 10.0. The predicted molar refractivity (Wildman–Crippen MR) is 147 cm³/mol. The topological polar surface area (TPSA) is 84.2 Å². The zero-order valence-corrected chi connectivity index (χ0v) is 20.6. The summed E-state index contributed by atoms with van der Waals surface area (Å²) in [5.74, 6) is -0.527. The Morgan fingerprint density at radius 2 is 1.68 bits per heavy atom. The highest BCUT2D eigenvalue weighted by atomic mass is 16.5. The molecule has 0 saturated carbocycles. The SMILES string of the molecule is O=C(/C=C/c1ccc2c(c1)CCC2N(CCc1c[nH]c2ccccc12)Cc1c[nH]c2ccccc12)NO. The normalized spacial score (nSPS) is 15.2. The van der Waals surface area contributed by atoms with Gasteiger partial charge in [-0.1, -0.05) is 54.6 Å². The Kier molecular flexibility index (Phi) is 6.35. The standard InChI is InChI=1S/C31H30N4O2/c36-31(34-37)14-10-21-9-12-27-22(17-21)11-13-30(27)35(20-24-19-33-29-8-4-2-6-26(24)29)16-15-23-18-32-28-7-3-1-5-25(23)28/h1-10,12,14,17-19,30,32-33,37H,11,13,15-16,20H2,(H,34,36)/b14-10+. The van der Waals surface area contributed by atoms with E-state index in [1.165, 1.54) is 50.1 Å². The van der Waals surface area contributed by atoms with Crippen LogP contribution in [0.15, 0.2) is 85.2 Å². The molecule has 1 amide bonds. The van der Waals surface area contributed by atoms with E-state index in [1.54, 1.807) is 11.6 Å². The third-order valence-corrected chi connectivity index (χ3v) is 7.58. The van der Waals surface area contributed by atoms with Crippen molar-refractivity contribution in [2.45, 2.75) is 31.8 Å². The van der Waals surface area contributed by atoms with Crippen LogP contribution in [0.3, 0.4) is 0 Å². The van der Waals surface area contributed by atoms with E-state index in [2.05, 4.69) is 94.0 Å². The number of aromatic nitrogens is 2. The Labute approximate surface area is 215 Å². The predicted octanol–water partition coefficient (Wildman–Crippen LogP) is 5.90. The first-order valence-electron chi connectivity index (χ1n) is 12.8. The first-order chi connectivity index (χ1) is 18.2. The van der Waals surface area contributed by atoms with Crippen LogP contribution in [0.2, 0.25) is 0 Å². The van der Waals surface area contributed by atoms with Crippen LogP contribution in [0.4, 0.5) is 0 Å². The van der Waals surface area contributed by atoms with Gasteiger partial charge in [0.1, 0.15) is 0 Å². The van der Waals surface area contributed by atoms with Crippen LogP contribution in [0.5, 0.6) is 0 Å². The van der Waals surface area contributed by atoms with Crippen LogP contribution in [0.1, 0.15) is 40.3 Å². The molecule has 4 N–H and O–H groups in total. The van der Waals surface area contributed by atoms with E-state index in [0.717, 1.165) is 37.9 Å². The largest absolute Gasteiger partial charge is 0.361 e. The monoisotopic (exact) mass is 490 g/mol. The molecular weight excluding hydrogens is 460 g/mol. The Balaban J connectivity index is 1.29. The Morgan fingerprint density at radius 1 is 0.973 bits per heavy atom. The molecule has 37 heavy (non-hydrogen) atoms. The Bertz CT molecular complexity index is 1600. The van der Waals surface area contributed by atoms with Crippen molar-refractivity contribution in [1.29, 1.82) is 0 Å². The molecule has 5 aromatic rings. The van der Waals surface area contributed by atoms with Crippen molar-refractivity contribution in [3.8, 4) is 0 Å². The second-order valence-electron chi connectivity index (χ2n) is 9.76. The zero-order valence-electron chi connectivity index (χ0n) is 20.6. The summed E-state index contributed by atoms with van der Waals surface area (Å²) in [6.07, 6.45) is 10.4. The number of aryl methyl sites for hydroxylation is 1. The van der Waals surface area contributed by atoms with Crippen LogP contribution < -0.4 is 5.48 Å². The molecule has 0 spiro atoms. The number of carbonyl (C=O) groups excluding carboxylic acids is 1. The lowest BCUT2D eigenvalue weighted by molar-refractivity contribution is -0.124. The number of nitrogens with zero attached hydrogens (tertiary/aromatic N) is 1. The average Bonchev–Trinajstić information content (AvgIpc) is 3.66. The number of hydrogen-bond donors (Lipinski definition) is 4. The number of fused-ring (bicyclic) bond motifs is 3. The van der Waals surface area contributed by atoms with Crippen molar-refractivity contribution in [3.05, 3.63) is 113 Å². The van der Waals surface area contributed by atoms with Crippen molar-refractivity contribution < 1.29 is 10.0 Å². The summed E-state index contributed by atoms with van der Waals surface area (Å²) < 4.78 is 0. The van der Waals surface area contributed by atoms with E-state index in [-0.39, 0.29) is 0 Å². The zero-order chi connectivity index (χ0) is 25.2. The lowest BCUT2D eigenvalue weighted by Gasteiger charge is -2.30. The van der Waals surface area contributed by atoms with E-state index in [4.69, 9.17) is 5.21 Å². The number of hydrogen-bond acceptors (Lipinski definition) is 3. The van der Waals surface area contributed by atoms with Crippen molar-refractivity contribution >= 4 is 33.8 Å². The smallest absolute Gasteiger partial charge is 0.267 e. The first kappa shape index (κ1) is 23.3. The number of carbonyl (C=O) groups is 1. The molecular formula is C31H30N4O2. The molecule has 1 unspecified atom stereocenters. The fraction of sp³-hybridized carbons (Fsp3) is 0.194. The molecule has 2 heterocycles. The summed E-state index contributed by atoms with van der Waals surface area (Å²) in [5.41, 5.74) is 10.3. The van der Waals surface area contributed by atoms with Crippen LogP contribution in [-0.4, -0.2) is 32.5 Å². The number of hydroxylamine groups is 1. The average molecular weight is 491 g/mol. The molecule has 0 saturated heterocycles. The molecule has 0 fully saturated rings. The van der Waals surface area contributed by atoms with E-state index in [9.17, 15) is 4.79 Å². The summed E-state index contributed by atoms with van der Waals surface area (Å²) in [6.45, 7) is 1.82. The maximum absolute atomic E-state index is 11.4. The Hall–Kier alpha value is -4.13. The Morgan fingerprint density at radius 3 is 2.43 bits per heavy atom. The van der Waals surface area contributed by atoms with E-state index in [1.807, 2.05) is 0 Å². The molecule has 6 rings (SSSR count). The van der Waals surface area contributed by atoms with Gasteiger partial charge in [-0.2, -0.15) is 0 Å². The summed E-state index contributed by atoms with van der Waals surface area (Å²) in [6, 6.07) is 23.8. The van der Waals surface area contributed by atoms with Gasteiger partial charge in [0.05, 0.1) is 0 Å². The third-order valence-electron chi connectivity index (χ3n) is 7.58. The van der Waals surface area contributed by atoms with Gasteiger partial charge < -0.3 is 9.97 Å². The van der Waals surface area contributed by atoms with Crippen LogP contribution in [0, 0.1) is 0 Å². The molecule has 1 aliphatic rings. The fourth-order valence-corrected chi connectivity index (χ4v) is 5.74. The minimum atomic E-state index is -0.527. The van der Waals surface area contributed by atoms with Crippen LogP contribution in [0.25, 0.3) is 27.9 Å². The van der Waals surface area contributed by atoms with Gasteiger partial charge in [0.25, 0.3) is 5.91 Å². The summed E-state index contributed by atoms with van der Waals surface area (Å²) in [5, 5.41) is 11.3. The number of amides is 1. The minimum absolute atomic E-state index is 0.327. The van der Waals surface area contributed by atoms with Gasteiger partial charge in [0, 0.05) is 59.4 Å². The molecule has 6 heteroatoms.